The molecule has 0 radical (unpaired) electrons. The fraction of sp³-hybridized carbons (Fsp3) is 0.0833. The summed E-state index contributed by atoms with van der Waals surface area (Å²) in [7, 11) is 0. The summed E-state index contributed by atoms with van der Waals surface area (Å²) >= 11 is 1.14. The van der Waals surface area contributed by atoms with E-state index in [0.29, 0.717) is 22.6 Å². The van der Waals surface area contributed by atoms with Crippen molar-refractivity contribution in [3.63, 3.8) is 0 Å². The number of nitrogens with zero attached hydrogens (tertiary/aromatic N) is 1. The molecule has 17 heavy (non-hydrogen) atoms. The van der Waals surface area contributed by atoms with E-state index in [1.165, 1.54) is 0 Å². The van der Waals surface area contributed by atoms with Crippen molar-refractivity contribution in [1.82, 2.24) is 0 Å². The van der Waals surface area contributed by atoms with Crippen LogP contribution in [0.25, 0.3) is 11.1 Å². The Bertz CT molecular complexity index is 627. The van der Waals surface area contributed by atoms with E-state index in [9.17, 15) is 5.11 Å². The lowest BCUT2D eigenvalue weighted by atomic mass is 10.0. The van der Waals surface area contributed by atoms with Gasteiger partial charge in [0.1, 0.15) is 11.6 Å². The van der Waals surface area contributed by atoms with Crippen LogP contribution in [0.1, 0.15) is 5.56 Å². The molecule has 0 atom stereocenters. The Morgan fingerprint density at radius 1 is 1.29 bits per heavy atom. The van der Waals surface area contributed by atoms with E-state index in [2.05, 4.69) is 0 Å². The second-order valence-corrected chi connectivity index (χ2v) is 4.37. The van der Waals surface area contributed by atoms with E-state index in [4.69, 9.17) is 14.7 Å². The van der Waals surface area contributed by atoms with Crippen molar-refractivity contribution in [3.05, 3.63) is 29.1 Å². The first-order valence-corrected chi connectivity index (χ1v) is 5.78. The molecule has 2 heterocycles. The molecular weight excluding hydrogens is 238 g/mol. The van der Waals surface area contributed by atoms with Crippen LogP contribution in [-0.4, -0.2) is 11.9 Å². The normalized spacial score (nSPS) is 12.4. The molecule has 4 nitrogen and oxygen atoms in total. The van der Waals surface area contributed by atoms with Crippen LogP contribution in [0.3, 0.4) is 0 Å². The number of ether oxygens (including phenoxy) is 2. The molecule has 1 aliphatic heterocycles. The highest BCUT2D eigenvalue weighted by Gasteiger charge is 2.17. The first-order valence-electron chi connectivity index (χ1n) is 4.90. The summed E-state index contributed by atoms with van der Waals surface area (Å²) in [6, 6.07) is 7.45. The first kappa shape index (κ1) is 10.00. The van der Waals surface area contributed by atoms with Gasteiger partial charge in [-0.15, -0.1) is 11.3 Å². The Hall–Kier alpha value is -2.19. The Balaban J connectivity index is 2.13. The molecule has 0 saturated carbocycles. The van der Waals surface area contributed by atoms with Gasteiger partial charge in [0.15, 0.2) is 16.6 Å². The van der Waals surface area contributed by atoms with E-state index in [1.807, 2.05) is 18.2 Å². The summed E-state index contributed by atoms with van der Waals surface area (Å²) in [5, 5.41) is 20.3. The molecule has 1 N–H and O–H groups in total. The molecule has 1 aromatic heterocycles. The van der Waals surface area contributed by atoms with Crippen LogP contribution in [0.15, 0.2) is 23.6 Å². The number of aromatic hydroxyl groups is 1. The maximum atomic E-state index is 9.53. The molecule has 0 bridgehead atoms. The molecule has 2 aromatic rings. The van der Waals surface area contributed by atoms with Gasteiger partial charge in [0.25, 0.3) is 0 Å². The Labute approximate surface area is 101 Å². The maximum Gasteiger partial charge on any atom is 0.231 e. The quantitative estimate of drug-likeness (QED) is 0.839. The highest BCUT2D eigenvalue weighted by atomic mass is 32.1. The molecule has 84 valence electrons. The zero-order chi connectivity index (χ0) is 11.8. The van der Waals surface area contributed by atoms with Crippen molar-refractivity contribution in [2.45, 2.75) is 0 Å². The lowest BCUT2D eigenvalue weighted by molar-refractivity contribution is 0.174. The van der Waals surface area contributed by atoms with Crippen LogP contribution < -0.4 is 9.47 Å². The second-order valence-electron chi connectivity index (χ2n) is 3.51. The van der Waals surface area contributed by atoms with Crippen molar-refractivity contribution in [3.8, 4) is 33.8 Å². The number of rotatable bonds is 1. The number of nitriles is 1. The first-order chi connectivity index (χ1) is 8.29. The third kappa shape index (κ3) is 1.50. The standard InChI is InChI=1S/C12H7NO3S/c13-4-8-9(5-17-12(8)14)7-1-2-10-11(3-7)16-6-15-10/h1-3,5,14H,6H2. The average molecular weight is 245 g/mol. The molecule has 0 aliphatic carbocycles. The van der Waals surface area contributed by atoms with E-state index < -0.39 is 0 Å². The van der Waals surface area contributed by atoms with Gasteiger partial charge in [-0.25, -0.2) is 0 Å². The molecule has 0 fully saturated rings. The monoisotopic (exact) mass is 245 g/mol. The summed E-state index contributed by atoms with van der Waals surface area (Å²) in [4.78, 5) is 0. The fourth-order valence-electron chi connectivity index (χ4n) is 1.73. The Kier molecular flexibility index (Phi) is 2.16. The van der Waals surface area contributed by atoms with Crippen molar-refractivity contribution in [1.29, 1.82) is 5.26 Å². The third-order valence-corrected chi connectivity index (χ3v) is 3.35. The lowest BCUT2D eigenvalue weighted by Crippen LogP contribution is -1.92. The SMILES string of the molecule is N#Cc1c(-c2ccc3c(c2)OCO3)csc1O. The number of benzene rings is 1. The molecule has 1 aromatic carbocycles. The molecular formula is C12H7NO3S. The minimum atomic E-state index is 0.0418. The predicted molar refractivity (Wildman–Crippen MR) is 62.3 cm³/mol. The van der Waals surface area contributed by atoms with Crippen LogP contribution in [0.2, 0.25) is 0 Å². The van der Waals surface area contributed by atoms with Crippen LogP contribution in [-0.2, 0) is 0 Å². The largest absolute Gasteiger partial charge is 0.499 e. The van der Waals surface area contributed by atoms with Gasteiger partial charge >= 0.3 is 0 Å². The third-order valence-electron chi connectivity index (χ3n) is 2.57. The zero-order valence-corrected chi connectivity index (χ0v) is 9.45. The van der Waals surface area contributed by atoms with Gasteiger partial charge in [-0.2, -0.15) is 5.26 Å². The number of hydrogen-bond acceptors (Lipinski definition) is 5. The van der Waals surface area contributed by atoms with Crippen LogP contribution in [0, 0.1) is 11.3 Å². The summed E-state index contributed by atoms with van der Waals surface area (Å²) < 4.78 is 10.5. The zero-order valence-electron chi connectivity index (χ0n) is 8.64. The van der Waals surface area contributed by atoms with E-state index in [1.54, 1.807) is 11.4 Å². The topological polar surface area (TPSA) is 62.5 Å². The van der Waals surface area contributed by atoms with Crippen molar-refractivity contribution in [2.75, 3.05) is 6.79 Å². The van der Waals surface area contributed by atoms with E-state index >= 15 is 0 Å². The molecule has 5 heteroatoms. The highest BCUT2D eigenvalue weighted by molar-refractivity contribution is 7.12. The Morgan fingerprint density at radius 2 is 2.12 bits per heavy atom. The Morgan fingerprint density at radius 3 is 2.94 bits per heavy atom. The van der Waals surface area contributed by atoms with Crippen molar-refractivity contribution < 1.29 is 14.6 Å². The molecule has 0 spiro atoms. The van der Waals surface area contributed by atoms with Gasteiger partial charge in [0.05, 0.1) is 0 Å². The summed E-state index contributed by atoms with van der Waals surface area (Å²) in [6.07, 6.45) is 0. The van der Waals surface area contributed by atoms with Gasteiger partial charge in [-0.05, 0) is 17.7 Å². The molecule has 0 saturated heterocycles. The van der Waals surface area contributed by atoms with Gasteiger partial charge in [0, 0.05) is 10.9 Å². The minimum absolute atomic E-state index is 0.0418. The van der Waals surface area contributed by atoms with E-state index in [-0.39, 0.29) is 11.9 Å². The van der Waals surface area contributed by atoms with Gasteiger partial charge in [-0.3, -0.25) is 0 Å². The number of fused-ring (bicyclic) bond motifs is 1. The van der Waals surface area contributed by atoms with Crippen molar-refractivity contribution >= 4 is 11.3 Å². The highest BCUT2D eigenvalue weighted by Crippen LogP contribution is 2.40. The number of thiophene rings is 1. The maximum absolute atomic E-state index is 9.53. The lowest BCUT2D eigenvalue weighted by Gasteiger charge is -2.01. The van der Waals surface area contributed by atoms with Gasteiger partial charge in [0.2, 0.25) is 6.79 Å². The molecule has 0 unspecified atom stereocenters. The molecule has 1 aliphatic rings. The smallest absolute Gasteiger partial charge is 0.231 e. The number of hydrogen-bond donors (Lipinski definition) is 1. The summed E-state index contributed by atoms with van der Waals surface area (Å²) in [5.41, 5.74) is 1.85. The van der Waals surface area contributed by atoms with Crippen LogP contribution in [0.5, 0.6) is 16.6 Å². The van der Waals surface area contributed by atoms with Gasteiger partial charge in [-0.1, -0.05) is 6.07 Å². The van der Waals surface area contributed by atoms with Crippen LogP contribution in [0.4, 0.5) is 0 Å². The minimum Gasteiger partial charge on any atom is -0.499 e. The average Bonchev–Trinajstić information content (AvgIpc) is 2.93. The van der Waals surface area contributed by atoms with Gasteiger partial charge < -0.3 is 14.6 Å². The second kappa shape index (κ2) is 3.68. The van der Waals surface area contributed by atoms with Crippen LogP contribution >= 0.6 is 11.3 Å². The summed E-state index contributed by atoms with van der Waals surface area (Å²) in [6.45, 7) is 0.221. The molecule has 3 rings (SSSR count). The summed E-state index contributed by atoms with van der Waals surface area (Å²) in [5.74, 6) is 1.36. The fourth-order valence-corrected chi connectivity index (χ4v) is 2.49. The predicted octanol–water partition coefficient (Wildman–Crippen LogP) is 2.72. The molecule has 0 amide bonds. The van der Waals surface area contributed by atoms with E-state index in [0.717, 1.165) is 16.9 Å². The van der Waals surface area contributed by atoms with Crippen molar-refractivity contribution in [2.24, 2.45) is 0 Å².